The summed E-state index contributed by atoms with van der Waals surface area (Å²) in [6.45, 7) is 0.319. The number of carbonyl (C=O) groups is 1. The molecule has 1 N–H and O–H groups in total. The number of aromatic nitrogens is 4. The summed E-state index contributed by atoms with van der Waals surface area (Å²) >= 11 is 0. The molecular formula is C16H21N5O2. The van der Waals surface area contributed by atoms with Gasteiger partial charge in [-0.2, -0.15) is 0 Å². The zero-order valence-corrected chi connectivity index (χ0v) is 13.2. The SMILES string of the molecule is COc1cccc(C(=O)NCc2nnnn2C2CCCCC2)c1. The van der Waals surface area contributed by atoms with E-state index in [2.05, 4.69) is 20.8 Å². The van der Waals surface area contributed by atoms with E-state index in [-0.39, 0.29) is 5.91 Å². The lowest BCUT2D eigenvalue weighted by Gasteiger charge is -2.22. The van der Waals surface area contributed by atoms with Crippen molar-refractivity contribution in [3.05, 3.63) is 35.7 Å². The maximum atomic E-state index is 12.3. The number of nitrogens with zero attached hydrogens (tertiary/aromatic N) is 4. The molecule has 0 spiro atoms. The summed E-state index contributed by atoms with van der Waals surface area (Å²) in [6, 6.07) is 7.41. The summed E-state index contributed by atoms with van der Waals surface area (Å²) < 4.78 is 7.00. The van der Waals surface area contributed by atoms with Gasteiger partial charge in [-0.1, -0.05) is 25.3 Å². The van der Waals surface area contributed by atoms with Gasteiger partial charge in [-0.25, -0.2) is 4.68 Å². The average molecular weight is 315 g/mol. The number of tetrazole rings is 1. The summed E-state index contributed by atoms with van der Waals surface area (Å²) in [4.78, 5) is 12.3. The second-order valence-electron chi connectivity index (χ2n) is 5.75. The van der Waals surface area contributed by atoms with Crippen LogP contribution in [0.5, 0.6) is 5.75 Å². The molecule has 0 aliphatic heterocycles. The number of amides is 1. The zero-order chi connectivity index (χ0) is 16.1. The van der Waals surface area contributed by atoms with Gasteiger partial charge < -0.3 is 10.1 Å². The monoisotopic (exact) mass is 315 g/mol. The number of nitrogens with one attached hydrogen (secondary N) is 1. The van der Waals surface area contributed by atoms with Crippen molar-refractivity contribution in [1.29, 1.82) is 0 Å². The molecule has 1 aliphatic carbocycles. The highest BCUT2D eigenvalue weighted by Gasteiger charge is 2.20. The topological polar surface area (TPSA) is 81.9 Å². The Hall–Kier alpha value is -2.44. The number of methoxy groups -OCH3 is 1. The molecule has 0 unspecified atom stereocenters. The third-order valence-corrected chi connectivity index (χ3v) is 4.22. The highest BCUT2D eigenvalue weighted by Crippen LogP contribution is 2.27. The summed E-state index contributed by atoms with van der Waals surface area (Å²) in [5.74, 6) is 1.19. The summed E-state index contributed by atoms with van der Waals surface area (Å²) in [5.41, 5.74) is 0.557. The lowest BCUT2D eigenvalue weighted by Crippen LogP contribution is -2.26. The van der Waals surface area contributed by atoms with Gasteiger partial charge in [-0.15, -0.1) is 5.10 Å². The second-order valence-corrected chi connectivity index (χ2v) is 5.75. The predicted octanol–water partition coefficient (Wildman–Crippen LogP) is 2.12. The summed E-state index contributed by atoms with van der Waals surface area (Å²) in [7, 11) is 1.58. The Morgan fingerprint density at radius 3 is 2.96 bits per heavy atom. The molecule has 1 saturated carbocycles. The molecule has 2 aromatic rings. The summed E-state index contributed by atoms with van der Waals surface area (Å²) in [6.07, 6.45) is 5.89. The first kappa shape index (κ1) is 15.5. The predicted molar refractivity (Wildman–Crippen MR) is 84.1 cm³/mol. The van der Waals surface area contributed by atoms with Crippen molar-refractivity contribution >= 4 is 5.91 Å². The number of rotatable bonds is 5. The molecule has 0 saturated heterocycles. The van der Waals surface area contributed by atoms with E-state index in [4.69, 9.17) is 4.74 Å². The maximum Gasteiger partial charge on any atom is 0.251 e. The van der Waals surface area contributed by atoms with Gasteiger partial charge in [0.15, 0.2) is 5.82 Å². The minimum Gasteiger partial charge on any atom is -0.497 e. The van der Waals surface area contributed by atoms with E-state index in [0.29, 0.717) is 29.7 Å². The van der Waals surface area contributed by atoms with Crippen LogP contribution in [0.4, 0.5) is 0 Å². The zero-order valence-electron chi connectivity index (χ0n) is 13.2. The van der Waals surface area contributed by atoms with Crippen molar-refractivity contribution in [2.45, 2.75) is 44.7 Å². The highest BCUT2D eigenvalue weighted by atomic mass is 16.5. The minimum absolute atomic E-state index is 0.165. The van der Waals surface area contributed by atoms with Gasteiger partial charge in [-0.3, -0.25) is 4.79 Å². The van der Waals surface area contributed by atoms with Crippen LogP contribution < -0.4 is 10.1 Å². The van der Waals surface area contributed by atoms with E-state index >= 15 is 0 Å². The van der Waals surface area contributed by atoms with Crippen molar-refractivity contribution in [3.8, 4) is 5.75 Å². The normalized spacial score (nSPS) is 15.3. The molecule has 122 valence electrons. The molecule has 1 amide bonds. The van der Waals surface area contributed by atoms with Crippen LogP contribution in [0.3, 0.4) is 0 Å². The largest absolute Gasteiger partial charge is 0.497 e. The Morgan fingerprint density at radius 1 is 1.35 bits per heavy atom. The molecule has 1 aromatic heterocycles. The molecule has 1 heterocycles. The number of hydrogen-bond donors (Lipinski definition) is 1. The molecule has 0 atom stereocenters. The van der Waals surface area contributed by atoms with Gasteiger partial charge in [0.1, 0.15) is 5.75 Å². The smallest absolute Gasteiger partial charge is 0.251 e. The fourth-order valence-electron chi connectivity index (χ4n) is 2.96. The number of ether oxygens (including phenoxy) is 1. The van der Waals surface area contributed by atoms with Crippen LogP contribution in [-0.2, 0) is 6.54 Å². The molecule has 1 aromatic carbocycles. The Balaban J connectivity index is 1.64. The first-order valence-corrected chi connectivity index (χ1v) is 7.97. The molecule has 0 radical (unpaired) electrons. The van der Waals surface area contributed by atoms with E-state index in [1.54, 1.807) is 31.4 Å². The van der Waals surface area contributed by atoms with Crippen molar-refractivity contribution in [2.75, 3.05) is 7.11 Å². The van der Waals surface area contributed by atoms with Crippen LogP contribution in [0.15, 0.2) is 24.3 Å². The molecule has 7 nitrogen and oxygen atoms in total. The Morgan fingerprint density at radius 2 is 2.17 bits per heavy atom. The molecule has 3 rings (SSSR count). The molecule has 1 aliphatic rings. The van der Waals surface area contributed by atoms with Crippen molar-refractivity contribution in [3.63, 3.8) is 0 Å². The maximum absolute atomic E-state index is 12.3. The first-order chi connectivity index (χ1) is 11.3. The Bertz CT molecular complexity index is 664. The van der Waals surface area contributed by atoms with Gasteiger partial charge in [0.25, 0.3) is 5.91 Å². The standard InChI is InChI=1S/C16H21N5O2/c1-23-14-9-5-6-12(10-14)16(22)17-11-15-18-19-20-21(15)13-7-3-2-4-8-13/h5-6,9-10,13H,2-4,7-8,11H2,1H3,(H,17,22). The fraction of sp³-hybridized carbons (Fsp3) is 0.500. The first-order valence-electron chi connectivity index (χ1n) is 7.97. The Labute approximate surface area is 135 Å². The third-order valence-electron chi connectivity index (χ3n) is 4.22. The fourth-order valence-corrected chi connectivity index (χ4v) is 2.96. The van der Waals surface area contributed by atoms with Crippen LogP contribution >= 0.6 is 0 Å². The van der Waals surface area contributed by atoms with Crippen LogP contribution in [-0.4, -0.2) is 33.2 Å². The third kappa shape index (κ3) is 3.67. The lowest BCUT2D eigenvalue weighted by atomic mass is 9.95. The molecular weight excluding hydrogens is 294 g/mol. The number of carbonyl (C=O) groups excluding carboxylic acids is 1. The quantitative estimate of drug-likeness (QED) is 0.914. The van der Waals surface area contributed by atoms with E-state index < -0.39 is 0 Å². The van der Waals surface area contributed by atoms with Crippen molar-refractivity contribution in [2.24, 2.45) is 0 Å². The van der Waals surface area contributed by atoms with Gasteiger partial charge in [-0.05, 0) is 41.5 Å². The van der Waals surface area contributed by atoms with E-state index in [1.165, 1.54) is 19.3 Å². The molecule has 0 bridgehead atoms. The van der Waals surface area contributed by atoms with E-state index in [9.17, 15) is 4.79 Å². The van der Waals surface area contributed by atoms with Gasteiger partial charge in [0.05, 0.1) is 19.7 Å². The van der Waals surface area contributed by atoms with Crippen LogP contribution in [0.25, 0.3) is 0 Å². The second kappa shape index (κ2) is 7.21. The number of hydrogen-bond acceptors (Lipinski definition) is 5. The van der Waals surface area contributed by atoms with Crippen molar-refractivity contribution in [1.82, 2.24) is 25.5 Å². The van der Waals surface area contributed by atoms with E-state index in [1.807, 2.05) is 4.68 Å². The average Bonchev–Trinajstić information content (AvgIpc) is 3.09. The van der Waals surface area contributed by atoms with Crippen LogP contribution in [0.2, 0.25) is 0 Å². The van der Waals surface area contributed by atoms with Crippen LogP contribution in [0.1, 0.15) is 54.3 Å². The Kier molecular flexibility index (Phi) is 4.85. The van der Waals surface area contributed by atoms with Gasteiger partial charge >= 0.3 is 0 Å². The molecule has 7 heteroatoms. The summed E-state index contributed by atoms with van der Waals surface area (Å²) in [5, 5.41) is 14.8. The minimum atomic E-state index is -0.165. The van der Waals surface area contributed by atoms with Crippen LogP contribution in [0, 0.1) is 0 Å². The highest BCUT2D eigenvalue weighted by molar-refractivity contribution is 5.94. The van der Waals surface area contributed by atoms with E-state index in [0.717, 1.165) is 12.8 Å². The number of benzene rings is 1. The van der Waals surface area contributed by atoms with Crippen molar-refractivity contribution < 1.29 is 9.53 Å². The molecule has 23 heavy (non-hydrogen) atoms. The lowest BCUT2D eigenvalue weighted by molar-refractivity contribution is 0.0948. The van der Waals surface area contributed by atoms with Gasteiger partial charge in [0.2, 0.25) is 0 Å². The van der Waals surface area contributed by atoms with Gasteiger partial charge in [0, 0.05) is 5.56 Å². The molecule has 1 fully saturated rings.